The van der Waals surface area contributed by atoms with Gasteiger partial charge in [0.1, 0.15) is 0 Å². The molecule has 2 aliphatic heterocycles. The first kappa shape index (κ1) is 18.3. The molecule has 7 heteroatoms. The van der Waals surface area contributed by atoms with E-state index in [0.29, 0.717) is 39.9 Å². The second-order valence-electron chi connectivity index (χ2n) is 6.74. The number of carbonyl (C=O) groups is 2. The molecule has 0 aliphatic carbocycles. The van der Waals surface area contributed by atoms with Crippen molar-refractivity contribution in [2.75, 3.05) is 18.5 Å². The van der Waals surface area contributed by atoms with Crippen LogP contribution in [0.4, 0.5) is 5.69 Å². The van der Waals surface area contributed by atoms with E-state index in [2.05, 4.69) is 5.32 Å². The Kier molecular flexibility index (Phi) is 5.08. The first-order chi connectivity index (χ1) is 13.0. The topological polar surface area (TPSA) is 58.6 Å². The van der Waals surface area contributed by atoms with E-state index < -0.39 is 0 Å². The smallest absolute Gasteiger partial charge is 0.256 e. The van der Waals surface area contributed by atoms with Crippen molar-refractivity contribution in [1.82, 2.24) is 4.90 Å². The lowest BCUT2D eigenvalue weighted by Gasteiger charge is -2.19. The van der Waals surface area contributed by atoms with Gasteiger partial charge in [-0.3, -0.25) is 9.59 Å². The zero-order valence-electron chi connectivity index (χ0n) is 14.5. The third-order valence-corrected chi connectivity index (χ3v) is 5.45. The summed E-state index contributed by atoms with van der Waals surface area (Å²) in [5, 5.41) is 3.60. The van der Waals surface area contributed by atoms with Gasteiger partial charge in [-0.25, -0.2) is 0 Å². The highest BCUT2D eigenvalue weighted by molar-refractivity contribution is 6.36. The van der Waals surface area contributed by atoms with Gasteiger partial charge in [-0.2, -0.15) is 0 Å². The molecular formula is C20H18Cl2N2O3. The van der Waals surface area contributed by atoms with Crippen molar-refractivity contribution in [1.29, 1.82) is 0 Å². The number of ether oxygens (including phenoxy) is 1. The average molecular weight is 405 g/mol. The van der Waals surface area contributed by atoms with Gasteiger partial charge >= 0.3 is 0 Å². The molecule has 0 aromatic heterocycles. The maximum absolute atomic E-state index is 12.9. The first-order valence-corrected chi connectivity index (χ1v) is 9.57. The molecule has 2 aromatic carbocycles. The quantitative estimate of drug-likeness (QED) is 0.822. The van der Waals surface area contributed by atoms with Gasteiger partial charge < -0.3 is 15.0 Å². The molecule has 1 saturated heterocycles. The summed E-state index contributed by atoms with van der Waals surface area (Å²) in [6.45, 7) is 1.79. The van der Waals surface area contributed by atoms with E-state index in [-0.39, 0.29) is 17.9 Å². The fourth-order valence-electron chi connectivity index (χ4n) is 3.57. The van der Waals surface area contributed by atoms with Crippen LogP contribution in [0.1, 0.15) is 39.1 Å². The summed E-state index contributed by atoms with van der Waals surface area (Å²) >= 11 is 12.1. The Morgan fingerprint density at radius 2 is 2.11 bits per heavy atom. The number of benzene rings is 2. The lowest BCUT2D eigenvalue weighted by molar-refractivity contribution is 0.0544. The Hall–Kier alpha value is -2.08. The van der Waals surface area contributed by atoms with Crippen molar-refractivity contribution in [3.8, 4) is 0 Å². The minimum absolute atomic E-state index is 0.0748. The number of fused-ring (bicyclic) bond motifs is 1. The van der Waals surface area contributed by atoms with Crippen LogP contribution < -0.4 is 5.32 Å². The molecule has 2 aromatic rings. The molecule has 27 heavy (non-hydrogen) atoms. The number of anilines is 1. The molecule has 4 rings (SSSR count). The van der Waals surface area contributed by atoms with Gasteiger partial charge in [0.2, 0.25) is 0 Å². The monoisotopic (exact) mass is 404 g/mol. The van der Waals surface area contributed by atoms with Gasteiger partial charge in [0.05, 0.1) is 27.9 Å². The highest BCUT2D eigenvalue weighted by atomic mass is 35.5. The number of halogens is 2. The Labute approximate surface area is 167 Å². The molecule has 2 heterocycles. The number of nitrogens with one attached hydrogen (secondary N) is 1. The van der Waals surface area contributed by atoms with Gasteiger partial charge in [0, 0.05) is 24.7 Å². The molecule has 140 valence electrons. The van der Waals surface area contributed by atoms with Crippen LogP contribution >= 0.6 is 23.2 Å². The Morgan fingerprint density at radius 1 is 1.26 bits per heavy atom. The number of rotatable bonds is 4. The van der Waals surface area contributed by atoms with Crippen LogP contribution in [-0.4, -0.2) is 36.0 Å². The van der Waals surface area contributed by atoms with Crippen LogP contribution in [0.5, 0.6) is 0 Å². The Bertz CT molecular complexity index is 910. The van der Waals surface area contributed by atoms with Crippen molar-refractivity contribution < 1.29 is 14.3 Å². The molecule has 0 saturated carbocycles. The summed E-state index contributed by atoms with van der Waals surface area (Å²) in [6, 6.07) is 10.2. The number of amides is 2. The van der Waals surface area contributed by atoms with Crippen LogP contribution in [0.25, 0.3) is 0 Å². The second kappa shape index (κ2) is 7.50. The van der Waals surface area contributed by atoms with Crippen molar-refractivity contribution in [3.05, 3.63) is 63.1 Å². The summed E-state index contributed by atoms with van der Waals surface area (Å²) in [6.07, 6.45) is 2.06. The van der Waals surface area contributed by atoms with Crippen molar-refractivity contribution in [3.63, 3.8) is 0 Å². The van der Waals surface area contributed by atoms with E-state index in [4.69, 9.17) is 27.9 Å². The highest BCUT2D eigenvalue weighted by Gasteiger charge is 2.33. The third-order valence-electron chi connectivity index (χ3n) is 4.88. The van der Waals surface area contributed by atoms with E-state index in [1.54, 1.807) is 35.2 Å². The molecule has 5 nitrogen and oxygen atoms in total. The zero-order valence-corrected chi connectivity index (χ0v) is 16.0. The maximum Gasteiger partial charge on any atom is 0.256 e. The Morgan fingerprint density at radius 3 is 2.89 bits per heavy atom. The maximum atomic E-state index is 12.9. The minimum atomic E-state index is -0.386. The molecule has 2 amide bonds. The minimum Gasteiger partial charge on any atom is -0.376 e. The SMILES string of the molecule is O=C(Nc1cc(Cl)ccc1Cl)c1cccc2c1C(=O)N(CC1CCCO1)C2. The van der Waals surface area contributed by atoms with Crippen LogP contribution in [0.2, 0.25) is 10.0 Å². The van der Waals surface area contributed by atoms with Crippen LogP contribution in [0.15, 0.2) is 36.4 Å². The number of hydrogen-bond donors (Lipinski definition) is 1. The average Bonchev–Trinajstić information content (AvgIpc) is 3.27. The first-order valence-electron chi connectivity index (χ1n) is 8.82. The summed E-state index contributed by atoms with van der Waals surface area (Å²) in [5.41, 5.74) is 2.05. The summed E-state index contributed by atoms with van der Waals surface area (Å²) in [5.74, 6) is -0.522. The van der Waals surface area contributed by atoms with E-state index in [9.17, 15) is 9.59 Å². The number of nitrogens with zero attached hydrogens (tertiary/aromatic N) is 1. The van der Waals surface area contributed by atoms with Crippen molar-refractivity contribution in [2.45, 2.75) is 25.5 Å². The molecular weight excluding hydrogens is 387 g/mol. The molecule has 0 spiro atoms. The largest absolute Gasteiger partial charge is 0.376 e. The zero-order chi connectivity index (χ0) is 19.0. The summed E-state index contributed by atoms with van der Waals surface area (Å²) in [7, 11) is 0. The van der Waals surface area contributed by atoms with Crippen LogP contribution in [0, 0.1) is 0 Å². The molecule has 2 aliphatic rings. The van der Waals surface area contributed by atoms with Gasteiger partial charge in [-0.15, -0.1) is 0 Å². The van der Waals surface area contributed by atoms with Crippen molar-refractivity contribution >= 4 is 40.7 Å². The molecule has 0 radical (unpaired) electrons. The molecule has 0 bridgehead atoms. The predicted molar refractivity (Wildman–Crippen MR) is 105 cm³/mol. The molecule has 1 atom stereocenters. The summed E-state index contributed by atoms with van der Waals surface area (Å²) in [4.78, 5) is 27.5. The van der Waals surface area contributed by atoms with E-state index >= 15 is 0 Å². The fraction of sp³-hybridized carbons (Fsp3) is 0.300. The molecule has 1 unspecified atom stereocenters. The normalized spacial score (nSPS) is 18.7. The lowest BCUT2D eigenvalue weighted by atomic mass is 10.0. The van der Waals surface area contributed by atoms with Crippen LogP contribution in [-0.2, 0) is 11.3 Å². The van der Waals surface area contributed by atoms with E-state index in [1.807, 2.05) is 6.07 Å². The predicted octanol–water partition coefficient (Wildman–Crippen LogP) is 4.38. The van der Waals surface area contributed by atoms with Crippen LogP contribution in [0.3, 0.4) is 0 Å². The molecule has 1 fully saturated rings. The number of hydrogen-bond acceptors (Lipinski definition) is 3. The molecule has 1 N–H and O–H groups in total. The summed E-state index contributed by atoms with van der Waals surface area (Å²) < 4.78 is 5.64. The standard InChI is InChI=1S/C20H18Cl2N2O3/c21-13-6-7-16(22)17(9-13)23-19(25)15-5-1-3-12-10-24(20(26)18(12)15)11-14-4-2-8-27-14/h1,3,5-7,9,14H,2,4,8,10-11H2,(H,23,25). The van der Waals surface area contributed by atoms with Gasteiger partial charge in [-0.05, 0) is 42.7 Å². The number of carbonyl (C=O) groups excluding carboxylic acids is 2. The third kappa shape index (κ3) is 3.68. The van der Waals surface area contributed by atoms with Gasteiger partial charge in [0.25, 0.3) is 11.8 Å². The lowest BCUT2D eigenvalue weighted by Crippen LogP contribution is -2.32. The van der Waals surface area contributed by atoms with E-state index in [0.717, 1.165) is 25.0 Å². The Balaban J connectivity index is 1.57. The van der Waals surface area contributed by atoms with E-state index in [1.165, 1.54) is 0 Å². The second-order valence-corrected chi connectivity index (χ2v) is 7.58. The van der Waals surface area contributed by atoms with Crippen molar-refractivity contribution in [2.24, 2.45) is 0 Å². The van der Waals surface area contributed by atoms with Gasteiger partial charge in [-0.1, -0.05) is 35.3 Å². The van der Waals surface area contributed by atoms with Gasteiger partial charge in [0.15, 0.2) is 0 Å². The fourth-order valence-corrected chi connectivity index (χ4v) is 3.91. The highest BCUT2D eigenvalue weighted by Crippen LogP contribution is 2.30.